The summed E-state index contributed by atoms with van der Waals surface area (Å²) in [5.41, 5.74) is 7.49. The summed E-state index contributed by atoms with van der Waals surface area (Å²) >= 11 is 1.51. The molecule has 7 nitrogen and oxygen atoms in total. The summed E-state index contributed by atoms with van der Waals surface area (Å²) in [6, 6.07) is 13.5. The number of aromatic nitrogens is 3. The van der Waals surface area contributed by atoms with Crippen LogP contribution in [0.1, 0.15) is 70.8 Å². The Hall–Kier alpha value is -3.50. The third-order valence-corrected chi connectivity index (χ3v) is 7.76. The van der Waals surface area contributed by atoms with Gasteiger partial charge in [0.1, 0.15) is 5.01 Å². The Kier molecular flexibility index (Phi) is 6.87. The SMILES string of the molecule is Cc1csc([C@H]2CCCN2C(=O)c2cc(-c3nnc([C@@](C)(N)Cc4ccccc4)o3)cc(C(C)(F)F)c2)n1. The average molecular weight is 538 g/mol. The number of alkyl halides is 2. The number of aryl methyl sites for hydroxylation is 1. The Morgan fingerprint density at radius 2 is 1.95 bits per heavy atom. The van der Waals surface area contributed by atoms with Gasteiger partial charge < -0.3 is 15.1 Å². The van der Waals surface area contributed by atoms with Crippen molar-refractivity contribution in [3.63, 3.8) is 0 Å². The number of hydrogen-bond acceptors (Lipinski definition) is 7. The van der Waals surface area contributed by atoms with Crippen LogP contribution in [0.2, 0.25) is 0 Å². The highest BCUT2D eigenvalue weighted by molar-refractivity contribution is 7.09. The summed E-state index contributed by atoms with van der Waals surface area (Å²) in [6.45, 7) is 5.01. The van der Waals surface area contributed by atoms with Gasteiger partial charge in [0.15, 0.2) is 0 Å². The molecule has 0 radical (unpaired) electrons. The number of nitrogens with two attached hydrogens (primary N) is 1. The molecular formula is C28H29F2N5O2S. The van der Waals surface area contributed by atoms with Gasteiger partial charge in [0.25, 0.3) is 11.8 Å². The first-order chi connectivity index (χ1) is 18.0. The number of halogens is 2. The van der Waals surface area contributed by atoms with E-state index >= 15 is 0 Å². The number of rotatable bonds is 7. The maximum atomic E-state index is 14.5. The van der Waals surface area contributed by atoms with Crippen LogP contribution >= 0.6 is 11.3 Å². The molecule has 0 aliphatic carbocycles. The van der Waals surface area contributed by atoms with E-state index in [1.807, 2.05) is 42.6 Å². The summed E-state index contributed by atoms with van der Waals surface area (Å²) in [6.07, 6.45) is 2.03. The molecule has 1 aliphatic rings. The van der Waals surface area contributed by atoms with Crippen LogP contribution in [0.4, 0.5) is 8.78 Å². The van der Waals surface area contributed by atoms with Crippen LogP contribution in [-0.2, 0) is 17.9 Å². The molecule has 1 saturated heterocycles. The van der Waals surface area contributed by atoms with Gasteiger partial charge in [0, 0.05) is 41.2 Å². The van der Waals surface area contributed by atoms with E-state index in [1.165, 1.54) is 29.5 Å². The zero-order valence-corrected chi connectivity index (χ0v) is 22.3. The average Bonchev–Trinajstić information content (AvgIpc) is 3.64. The highest BCUT2D eigenvalue weighted by Gasteiger charge is 2.35. The van der Waals surface area contributed by atoms with Gasteiger partial charge in [0.2, 0.25) is 11.8 Å². The van der Waals surface area contributed by atoms with Crippen molar-refractivity contribution in [2.45, 2.75) is 57.5 Å². The lowest BCUT2D eigenvalue weighted by Crippen LogP contribution is -2.35. The Morgan fingerprint density at radius 3 is 2.63 bits per heavy atom. The third kappa shape index (κ3) is 5.37. The summed E-state index contributed by atoms with van der Waals surface area (Å²) < 4.78 is 35.0. The van der Waals surface area contributed by atoms with E-state index in [2.05, 4.69) is 15.2 Å². The van der Waals surface area contributed by atoms with Gasteiger partial charge in [-0.2, -0.15) is 0 Å². The zero-order chi connectivity index (χ0) is 27.1. The molecule has 2 N–H and O–H groups in total. The Labute approximate surface area is 223 Å². The molecule has 198 valence electrons. The van der Waals surface area contributed by atoms with E-state index in [9.17, 15) is 13.6 Å². The van der Waals surface area contributed by atoms with E-state index in [0.717, 1.165) is 36.0 Å². The molecule has 1 amide bonds. The number of hydrogen-bond donors (Lipinski definition) is 1. The van der Waals surface area contributed by atoms with Crippen LogP contribution in [0.3, 0.4) is 0 Å². The molecule has 3 heterocycles. The topological polar surface area (TPSA) is 98.1 Å². The molecule has 1 aliphatic heterocycles. The second-order valence-electron chi connectivity index (χ2n) is 10.2. The summed E-state index contributed by atoms with van der Waals surface area (Å²) in [5.74, 6) is -3.31. The first-order valence-corrected chi connectivity index (χ1v) is 13.3. The van der Waals surface area contributed by atoms with Gasteiger partial charge in [-0.15, -0.1) is 21.5 Å². The fourth-order valence-corrected chi connectivity index (χ4v) is 5.69. The van der Waals surface area contributed by atoms with Crippen molar-refractivity contribution >= 4 is 17.2 Å². The largest absolute Gasteiger partial charge is 0.419 e. The minimum Gasteiger partial charge on any atom is -0.419 e. The van der Waals surface area contributed by atoms with Crippen LogP contribution in [0, 0.1) is 6.92 Å². The molecule has 2 aromatic heterocycles. The number of benzene rings is 2. The second-order valence-corrected chi connectivity index (χ2v) is 11.1. The van der Waals surface area contributed by atoms with E-state index in [-0.39, 0.29) is 40.4 Å². The fraction of sp³-hybridized carbons (Fsp3) is 0.357. The van der Waals surface area contributed by atoms with Crippen LogP contribution in [0.25, 0.3) is 11.5 Å². The lowest BCUT2D eigenvalue weighted by molar-refractivity contribution is 0.0174. The molecule has 0 bridgehead atoms. The smallest absolute Gasteiger partial charge is 0.270 e. The molecule has 0 spiro atoms. The molecule has 4 aromatic rings. The van der Waals surface area contributed by atoms with Gasteiger partial charge in [-0.25, -0.2) is 13.8 Å². The number of carbonyl (C=O) groups is 1. The number of amides is 1. The van der Waals surface area contributed by atoms with Crippen LogP contribution < -0.4 is 5.73 Å². The highest BCUT2D eigenvalue weighted by Crippen LogP contribution is 2.37. The standard InChI is InChI=1S/C28H29F2N5O2S/c1-17-16-38-24(32-17)22-10-7-11-35(22)25(36)20-12-19(13-21(14-20)28(3,29)30)23-33-34-26(37-23)27(2,31)15-18-8-5-4-6-9-18/h4-6,8-9,12-14,16,22H,7,10-11,15,31H2,1-3H3/t22-,27+/m1/s1. The minimum absolute atomic E-state index is 0.0263. The predicted molar refractivity (Wildman–Crippen MR) is 141 cm³/mol. The Balaban J connectivity index is 1.48. The molecule has 38 heavy (non-hydrogen) atoms. The normalized spacial score (nSPS) is 17.5. The first-order valence-electron chi connectivity index (χ1n) is 12.4. The molecule has 1 fully saturated rings. The monoisotopic (exact) mass is 537 g/mol. The molecule has 5 rings (SSSR count). The van der Waals surface area contributed by atoms with Crippen molar-refractivity contribution in [1.29, 1.82) is 0 Å². The van der Waals surface area contributed by atoms with Crippen LogP contribution in [0.15, 0.2) is 58.3 Å². The van der Waals surface area contributed by atoms with Crippen molar-refractivity contribution in [3.05, 3.63) is 87.2 Å². The lowest BCUT2D eigenvalue weighted by atomic mass is 9.94. The number of carbonyl (C=O) groups excluding carboxylic acids is 1. The highest BCUT2D eigenvalue weighted by atomic mass is 32.1. The Bertz CT molecular complexity index is 1440. The molecule has 2 aromatic carbocycles. The molecule has 2 atom stereocenters. The quantitative estimate of drug-likeness (QED) is 0.310. The molecule has 10 heteroatoms. The zero-order valence-electron chi connectivity index (χ0n) is 21.4. The number of likely N-dealkylation sites (tertiary alicyclic amines) is 1. The maximum Gasteiger partial charge on any atom is 0.270 e. The fourth-order valence-electron chi connectivity index (χ4n) is 4.75. The number of thiazole rings is 1. The summed E-state index contributed by atoms with van der Waals surface area (Å²) in [7, 11) is 0. The van der Waals surface area contributed by atoms with Crippen molar-refractivity contribution in [1.82, 2.24) is 20.1 Å². The van der Waals surface area contributed by atoms with Gasteiger partial charge in [-0.3, -0.25) is 4.79 Å². The van der Waals surface area contributed by atoms with Crippen molar-refractivity contribution in [3.8, 4) is 11.5 Å². The predicted octanol–water partition coefficient (Wildman–Crippen LogP) is 6.01. The van der Waals surface area contributed by atoms with Gasteiger partial charge in [-0.05, 0) is 56.9 Å². The Morgan fingerprint density at radius 1 is 1.18 bits per heavy atom. The number of nitrogens with zero attached hydrogens (tertiary/aromatic N) is 4. The molecular weight excluding hydrogens is 508 g/mol. The maximum absolute atomic E-state index is 14.5. The van der Waals surface area contributed by atoms with Crippen molar-refractivity contribution in [2.24, 2.45) is 5.73 Å². The second kappa shape index (κ2) is 9.99. The van der Waals surface area contributed by atoms with Gasteiger partial charge in [0.05, 0.1) is 11.6 Å². The molecule has 0 unspecified atom stereocenters. The van der Waals surface area contributed by atoms with Crippen molar-refractivity contribution < 1.29 is 18.0 Å². The van der Waals surface area contributed by atoms with Crippen molar-refractivity contribution in [2.75, 3.05) is 6.54 Å². The van der Waals surface area contributed by atoms with E-state index in [1.54, 1.807) is 11.8 Å². The third-order valence-electron chi connectivity index (χ3n) is 6.70. The lowest BCUT2D eigenvalue weighted by Gasteiger charge is -2.24. The van der Waals surface area contributed by atoms with Crippen LogP contribution in [0.5, 0.6) is 0 Å². The summed E-state index contributed by atoms with van der Waals surface area (Å²) in [4.78, 5) is 19.9. The first kappa shape index (κ1) is 26.1. The minimum atomic E-state index is -3.18. The van der Waals surface area contributed by atoms with Crippen LogP contribution in [-0.4, -0.2) is 32.5 Å². The molecule has 0 saturated carbocycles. The van der Waals surface area contributed by atoms with E-state index < -0.39 is 11.5 Å². The van der Waals surface area contributed by atoms with E-state index in [0.29, 0.717) is 13.0 Å². The van der Waals surface area contributed by atoms with Gasteiger partial charge in [-0.1, -0.05) is 30.3 Å². The van der Waals surface area contributed by atoms with E-state index in [4.69, 9.17) is 10.2 Å². The summed E-state index contributed by atoms with van der Waals surface area (Å²) in [5, 5.41) is 11.0. The van der Waals surface area contributed by atoms with Gasteiger partial charge >= 0.3 is 0 Å².